The average Bonchev–Trinajstić information content (AvgIpc) is 2.74. The SMILES string of the molecule is CCC(C)CN(CC)C1COCC1C(=O)O. The maximum Gasteiger partial charge on any atom is 0.310 e. The van der Waals surface area contributed by atoms with Crippen molar-refractivity contribution in [2.45, 2.75) is 33.2 Å². The molecule has 16 heavy (non-hydrogen) atoms. The third kappa shape index (κ3) is 3.19. The molecule has 1 N–H and O–H groups in total. The standard InChI is InChI=1S/C12H23NO3/c1-4-9(3)6-13(5-2)11-8-16-7-10(11)12(14)15/h9-11H,4-8H2,1-3H3,(H,14,15). The third-order valence-electron chi connectivity index (χ3n) is 3.49. The van der Waals surface area contributed by atoms with Crippen molar-refractivity contribution in [1.29, 1.82) is 0 Å². The molecular weight excluding hydrogens is 206 g/mol. The van der Waals surface area contributed by atoms with E-state index in [9.17, 15) is 4.79 Å². The van der Waals surface area contributed by atoms with Crippen molar-refractivity contribution in [1.82, 2.24) is 4.90 Å². The maximum atomic E-state index is 11.1. The van der Waals surface area contributed by atoms with Crippen molar-refractivity contribution in [3.05, 3.63) is 0 Å². The predicted molar refractivity (Wildman–Crippen MR) is 62.4 cm³/mol. The summed E-state index contributed by atoms with van der Waals surface area (Å²) < 4.78 is 5.31. The minimum Gasteiger partial charge on any atom is -0.481 e. The normalized spacial score (nSPS) is 27.2. The second-order valence-electron chi connectivity index (χ2n) is 4.65. The monoisotopic (exact) mass is 229 g/mol. The van der Waals surface area contributed by atoms with E-state index >= 15 is 0 Å². The number of ether oxygens (including phenoxy) is 1. The number of hydrogen-bond donors (Lipinski definition) is 1. The molecule has 1 rings (SSSR count). The number of likely N-dealkylation sites (N-methyl/N-ethyl adjacent to an activating group) is 1. The summed E-state index contributed by atoms with van der Waals surface area (Å²) in [6.07, 6.45) is 1.13. The molecule has 0 aromatic heterocycles. The van der Waals surface area contributed by atoms with E-state index in [1.165, 1.54) is 0 Å². The van der Waals surface area contributed by atoms with Crippen LogP contribution in [0.3, 0.4) is 0 Å². The van der Waals surface area contributed by atoms with E-state index in [1.807, 2.05) is 0 Å². The largest absolute Gasteiger partial charge is 0.481 e. The highest BCUT2D eigenvalue weighted by molar-refractivity contribution is 5.71. The molecule has 3 unspecified atom stereocenters. The van der Waals surface area contributed by atoms with Crippen molar-refractivity contribution in [2.75, 3.05) is 26.3 Å². The van der Waals surface area contributed by atoms with Crippen molar-refractivity contribution < 1.29 is 14.6 Å². The first-order valence-electron chi connectivity index (χ1n) is 6.14. The fourth-order valence-corrected chi connectivity index (χ4v) is 2.17. The van der Waals surface area contributed by atoms with Gasteiger partial charge in [0.1, 0.15) is 0 Å². The fourth-order valence-electron chi connectivity index (χ4n) is 2.17. The molecule has 1 aliphatic rings. The molecule has 0 spiro atoms. The number of rotatable bonds is 6. The Hall–Kier alpha value is -0.610. The molecular formula is C12H23NO3. The summed E-state index contributed by atoms with van der Waals surface area (Å²) in [5.74, 6) is -0.482. The van der Waals surface area contributed by atoms with E-state index in [4.69, 9.17) is 9.84 Å². The van der Waals surface area contributed by atoms with Crippen LogP contribution in [0.1, 0.15) is 27.2 Å². The Balaban J connectivity index is 2.60. The van der Waals surface area contributed by atoms with Gasteiger partial charge in [0.05, 0.1) is 19.1 Å². The molecule has 0 radical (unpaired) electrons. The van der Waals surface area contributed by atoms with Gasteiger partial charge < -0.3 is 9.84 Å². The van der Waals surface area contributed by atoms with E-state index < -0.39 is 5.97 Å². The molecule has 4 nitrogen and oxygen atoms in total. The number of aliphatic carboxylic acids is 1. The average molecular weight is 229 g/mol. The van der Waals surface area contributed by atoms with Gasteiger partial charge in [-0.25, -0.2) is 0 Å². The van der Waals surface area contributed by atoms with Gasteiger partial charge in [-0.15, -0.1) is 0 Å². The molecule has 1 saturated heterocycles. The molecule has 1 heterocycles. The van der Waals surface area contributed by atoms with Crippen molar-refractivity contribution in [2.24, 2.45) is 11.8 Å². The highest BCUT2D eigenvalue weighted by atomic mass is 16.5. The molecule has 1 fully saturated rings. The molecule has 0 aromatic carbocycles. The summed E-state index contributed by atoms with van der Waals surface area (Å²) in [6, 6.07) is 0.0523. The van der Waals surface area contributed by atoms with E-state index in [2.05, 4.69) is 25.7 Å². The third-order valence-corrected chi connectivity index (χ3v) is 3.49. The van der Waals surface area contributed by atoms with Gasteiger partial charge >= 0.3 is 5.97 Å². The molecule has 1 aliphatic heterocycles. The van der Waals surface area contributed by atoms with E-state index in [-0.39, 0.29) is 12.0 Å². The van der Waals surface area contributed by atoms with Gasteiger partial charge in [0.25, 0.3) is 0 Å². The van der Waals surface area contributed by atoms with Gasteiger partial charge in [-0.1, -0.05) is 27.2 Å². The van der Waals surface area contributed by atoms with Crippen LogP contribution in [0.25, 0.3) is 0 Å². The quantitative estimate of drug-likeness (QED) is 0.749. The second-order valence-corrected chi connectivity index (χ2v) is 4.65. The van der Waals surface area contributed by atoms with Crippen LogP contribution in [-0.2, 0) is 9.53 Å². The minimum absolute atomic E-state index is 0.0523. The van der Waals surface area contributed by atoms with Crippen LogP contribution in [0.15, 0.2) is 0 Å². The summed E-state index contributed by atoms with van der Waals surface area (Å²) >= 11 is 0. The van der Waals surface area contributed by atoms with Crippen LogP contribution in [0, 0.1) is 11.8 Å². The minimum atomic E-state index is -0.731. The van der Waals surface area contributed by atoms with Gasteiger partial charge in [-0.2, -0.15) is 0 Å². The lowest BCUT2D eigenvalue weighted by molar-refractivity contribution is -0.143. The lowest BCUT2D eigenvalue weighted by Crippen LogP contribution is -2.44. The molecule has 0 amide bonds. The first-order chi connectivity index (χ1) is 7.60. The fraction of sp³-hybridized carbons (Fsp3) is 0.917. The number of carboxylic acids is 1. The summed E-state index contributed by atoms with van der Waals surface area (Å²) in [7, 11) is 0. The lowest BCUT2D eigenvalue weighted by Gasteiger charge is -2.31. The van der Waals surface area contributed by atoms with Crippen molar-refractivity contribution in [3.63, 3.8) is 0 Å². The molecule has 0 aliphatic carbocycles. The van der Waals surface area contributed by atoms with Crippen LogP contribution in [0.4, 0.5) is 0 Å². The molecule has 0 aromatic rings. The number of carboxylic acid groups (broad SMARTS) is 1. The van der Waals surface area contributed by atoms with Gasteiger partial charge in [-0.3, -0.25) is 9.69 Å². The van der Waals surface area contributed by atoms with Crippen LogP contribution in [0.5, 0.6) is 0 Å². The number of nitrogens with zero attached hydrogens (tertiary/aromatic N) is 1. The van der Waals surface area contributed by atoms with Crippen LogP contribution >= 0.6 is 0 Å². The summed E-state index contributed by atoms with van der Waals surface area (Å²) in [4.78, 5) is 13.3. The molecule has 4 heteroatoms. The zero-order chi connectivity index (χ0) is 12.1. The van der Waals surface area contributed by atoms with Crippen LogP contribution < -0.4 is 0 Å². The molecule has 94 valence electrons. The predicted octanol–water partition coefficient (Wildman–Crippen LogP) is 1.45. The second kappa shape index (κ2) is 6.21. The zero-order valence-corrected chi connectivity index (χ0v) is 10.5. The summed E-state index contributed by atoms with van der Waals surface area (Å²) in [6.45, 7) is 9.22. The topological polar surface area (TPSA) is 49.8 Å². The van der Waals surface area contributed by atoms with Crippen molar-refractivity contribution in [3.8, 4) is 0 Å². The van der Waals surface area contributed by atoms with Crippen LogP contribution in [-0.4, -0.2) is 48.3 Å². The smallest absolute Gasteiger partial charge is 0.310 e. The molecule has 0 saturated carbocycles. The van der Waals surface area contributed by atoms with E-state index in [1.54, 1.807) is 0 Å². The van der Waals surface area contributed by atoms with Gasteiger partial charge in [0, 0.05) is 12.6 Å². The van der Waals surface area contributed by atoms with Gasteiger partial charge in [0.2, 0.25) is 0 Å². The van der Waals surface area contributed by atoms with E-state index in [0.717, 1.165) is 19.5 Å². The number of carbonyl (C=O) groups is 1. The molecule has 3 atom stereocenters. The maximum absolute atomic E-state index is 11.1. The van der Waals surface area contributed by atoms with Gasteiger partial charge in [-0.05, 0) is 12.5 Å². The Morgan fingerprint density at radius 2 is 2.19 bits per heavy atom. The Morgan fingerprint density at radius 1 is 1.50 bits per heavy atom. The number of hydrogen-bond acceptors (Lipinski definition) is 3. The first kappa shape index (κ1) is 13.5. The van der Waals surface area contributed by atoms with Crippen molar-refractivity contribution >= 4 is 5.97 Å². The zero-order valence-electron chi connectivity index (χ0n) is 10.5. The summed E-state index contributed by atoms with van der Waals surface area (Å²) in [5.41, 5.74) is 0. The molecule has 0 bridgehead atoms. The van der Waals surface area contributed by atoms with Gasteiger partial charge in [0.15, 0.2) is 0 Å². The lowest BCUT2D eigenvalue weighted by atomic mass is 10.00. The van der Waals surface area contributed by atoms with E-state index in [0.29, 0.717) is 19.1 Å². The Morgan fingerprint density at radius 3 is 2.69 bits per heavy atom. The highest BCUT2D eigenvalue weighted by Gasteiger charge is 2.37. The first-order valence-corrected chi connectivity index (χ1v) is 6.14. The van der Waals surface area contributed by atoms with Crippen LogP contribution in [0.2, 0.25) is 0 Å². The summed E-state index contributed by atoms with van der Waals surface area (Å²) in [5, 5.41) is 9.11. The Kier molecular flexibility index (Phi) is 5.22. The Bertz CT molecular complexity index is 232. The highest BCUT2D eigenvalue weighted by Crippen LogP contribution is 2.21. The Labute approximate surface area is 97.6 Å².